The molecule has 1 fully saturated rings. The topological polar surface area (TPSA) is 26.3 Å². The summed E-state index contributed by atoms with van der Waals surface area (Å²) in [5, 5.41) is 0.135. The first kappa shape index (κ1) is 6.11. The van der Waals surface area contributed by atoms with Crippen LogP contribution in [-0.2, 0) is 9.53 Å². The lowest BCUT2D eigenvalue weighted by Gasteiger charge is -2.15. The minimum absolute atomic E-state index is 0.135. The predicted molar refractivity (Wildman–Crippen MR) is 33.2 cm³/mol. The van der Waals surface area contributed by atoms with Crippen LogP contribution in [0, 0.1) is 0 Å². The fourth-order valence-corrected chi connectivity index (χ4v) is 0.998. The molecule has 1 aliphatic rings. The van der Waals surface area contributed by atoms with Crippen molar-refractivity contribution in [3.63, 3.8) is 0 Å². The van der Waals surface area contributed by atoms with Gasteiger partial charge in [-0.05, 0) is 0 Å². The number of hydrogen-bond donors (Lipinski definition) is 1. The Hall–Kier alpha value is -0.0200. The van der Waals surface area contributed by atoms with Gasteiger partial charge in [-0.1, -0.05) is 0 Å². The number of hydrogen-bond acceptors (Lipinski definition) is 3. The molecule has 0 bridgehead atoms. The van der Waals surface area contributed by atoms with Crippen molar-refractivity contribution < 1.29 is 9.53 Å². The molecule has 2 nitrogen and oxygen atoms in total. The normalized spacial score (nSPS) is 30.6. The molecule has 0 radical (unpaired) electrons. The van der Waals surface area contributed by atoms with Gasteiger partial charge in [0.15, 0.2) is 5.78 Å². The Labute approximate surface area is 53.6 Å². The SMILES string of the molecule is O=C1COCC(S)C1. The lowest BCUT2D eigenvalue weighted by atomic mass is 10.2. The van der Waals surface area contributed by atoms with E-state index in [0.717, 1.165) is 0 Å². The zero-order valence-corrected chi connectivity index (χ0v) is 5.36. The molecule has 0 aromatic heterocycles. The van der Waals surface area contributed by atoms with Crippen molar-refractivity contribution in [2.45, 2.75) is 11.7 Å². The molecule has 1 atom stereocenters. The largest absolute Gasteiger partial charge is 0.373 e. The highest BCUT2D eigenvalue weighted by Gasteiger charge is 2.15. The molecule has 1 unspecified atom stereocenters. The number of rotatable bonds is 0. The van der Waals surface area contributed by atoms with E-state index in [1.54, 1.807) is 0 Å². The highest BCUT2D eigenvalue weighted by atomic mass is 32.1. The lowest BCUT2D eigenvalue weighted by molar-refractivity contribution is -0.126. The van der Waals surface area contributed by atoms with Crippen molar-refractivity contribution in [2.75, 3.05) is 13.2 Å². The molecular formula is C5H8O2S. The number of ketones is 1. The van der Waals surface area contributed by atoms with Crippen LogP contribution in [0.15, 0.2) is 0 Å². The van der Waals surface area contributed by atoms with Gasteiger partial charge in [0.2, 0.25) is 0 Å². The number of ether oxygens (including phenoxy) is 1. The summed E-state index contributed by atoms with van der Waals surface area (Å²) in [6.45, 7) is 0.909. The van der Waals surface area contributed by atoms with E-state index in [1.165, 1.54) is 0 Å². The standard InChI is InChI=1S/C5H8O2S/c6-4-1-5(8)3-7-2-4/h5,8H,1-3H2. The lowest BCUT2D eigenvalue weighted by Crippen LogP contribution is -2.25. The Morgan fingerprint density at radius 2 is 2.50 bits per heavy atom. The van der Waals surface area contributed by atoms with E-state index in [1.807, 2.05) is 0 Å². The van der Waals surface area contributed by atoms with Crippen LogP contribution in [0.4, 0.5) is 0 Å². The number of carbonyl (C=O) groups excluding carboxylic acids is 1. The summed E-state index contributed by atoms with van der Waals surface area (Å²) < 4.78 is 4.87. The van der Waals surface area contributed by atoms with Crippen molar-refractivity contribution in [3.8, 4) is 0 Å². The van der Waals surface area contributed by atoms with Gasteiger partial charge in [-0.25, -0.2) is 0 Å². The molecule has 1 saturated heterocycles. The van der Waals surface area contributed by atoms with Crippen molar-refractivity contribution in [1.29, 1.82) is 0 Å². The van der Waals surface area contributed by atoms with Crippen molar-refractivity contribution in [3.05, 3.63) is 0 Å². The Morgan fingerprint density at radius 1 is 1.75 bits per heavy atom. The second-order valence-electron chi connectivity index (χ2n) is 1.91. The molecule has 1 aliphatic heterocycles. The zero-order chi connectivity index (χ0) is 5.98. The van der Waals surface area contributed by atoms with Crippen molar-refractivity contribution >= 4 is 18.4 Å². The predicted octanol–water partition coefficient (Wildman–Crippen LogP) is 0.274. The molecule has 0 aromatic rings. The van der Waals surface area contributed by atoms with Crippen LogP contribution in [0.3, 0.4) is 0 Å². The average Bonchev–Trinajstić information content (AvgIpc) is 1.64. The second kappa shape index (κ2) is 2.51. The Bertz CT molecular complexity index is 103. The summed E-state index contributed by atoms with van der Waals surface area (Å²) in [7, 11) is 0. The van der Waals surface area contributed by atoms with Crippen LogP contribution in [0.25, 0.3) is 0 Å². The molecule has 0 saturated carbocycles. The molecule has 1 rings (SSSR count). The Kier molecular flexibility index (Phi) is 1.91. The van der Waals surface area contributed by atoms with Gasteiger partial charge in [0.05, 0.1) is 6.61 Å². The maximum absolute atomic E-state index is 10.5. The summed E-state index contributed by atoms with van der Waals surface area (Å²) >= 11 is 4.07. The summed E-state index contributed by atoms with van der Waals surface area (Å²) in [5.74, 6) is 0.163. The monoisotopic (exact) mass is 132 g/mol. The van der Waals surface area contributed by atoms with Gasteiger partial charge in [0, 0.05) is 11.7 Å². The van der Waals surface area contributed by atoms with Crippen LogP contribution in [0.2, 0.25) is 0 Å². The third-order valence-corrected chi connectivity index (χ3v) is 1.37. The van der Waals surface area contributed by atoms with Gasteiger partial charge in [-0.15, -0.1) is 0 Å². The molecule has 3 heteroatoms. The molecule has 0 spiro atoms. The van der Waals surface area contributed by atoms with Crippen LogP contribution < -0.4 is 0 Å². The highest BCUT2D eigenvalue weighted by Crippen LogP contribution is 2.07. The van der Waals surface area contributed by atoms with Crippen molar-refractivity contribution in [2.24, 2.45) is 0 Å². The van der Waals surface area contributed by atoms with E-state index >= 15 is 0 Å². The minimum atomic E-state index is 0.135. The molecule has 0 amide bonds. The first-order valence-corrected chi connectivity index (χ1v) is 3.08. The Balaban J connectivity index is 2.34. The quantitative estimate of drug-likeness (QED) is 0.479. The van der Waals surface area contributed by atoms with Gasteiger partial charge in [0.25, 0.3) is 0 Å². The van der Waals surface area contributed by atoms with E-state index in [4.69, 9.17) is 4.74 Å². The van der Waals surface area contributed by atoms with Crippen LogP contribution in [-0.4, -0.2) is 24.2 Å². The fourth-order valence-electron chi connectivity index (χ4n) is 0.689. The third-order valence-electron chi connectivity index (χ3n) is 1.04. The van der Waals surface area contributed by atoms with E-state index in [9.17, 15) is 4.79 Å². The molecular weight excluding hydrogens is 124 g/mol. The van der Waals surface area contributed by atoms with Crippen LogP contribution in [0.5, 0.6) is 0 Å². The van der Waals surface area contributed by atoms with E-state index < -0.39 is 0 Å². The summed E-state index contributed by atoms with van der Waals surface area (Å²) in [5.41, 5.74) is 0. The van der Waals surface area contributed by atoms with Gasteiger partial charge in [-0.2, -0.15) is 12.6 Å². The second-order valence-corrected chi connectivity index (χ2v) is 2.64. The summed E-state index contributed by atoms with van der Waals surface area (Å²) in [6, 6.07) is 0. The van der Waals surface area contributed by atoms with Crippen LogP contribution in [0.1, 0.15) is 6.42 Å². The van der Waals surface area contributed by atoms with Gasteiger partial charge in [0.1, 0.15) is 6.61 Å². The third kappa shape index (κ3) is 1.49. The molecule has 0 aromatic carbocycles. The maximum Gasteiger partial charge on any atom is 0.159 e. The van der Waals surface area contributed by atoms with Gasteiger partial charge >= 0.3 is 0 Å². The average molecular weight is 132 g/mol. The molecule has 1 heterocycles. The van der Waals surface area contributed by atoms with Crippen molar-refractivity contribution in [1.82, 2.24) is 0 Å². The highest BCUT2D eigenvalue weighted by molar-refractivity contribution is 7.81. The summed E-state index contributed by atoms with van der Waals surface area (Å²) in [6.07, 6.45) is 0.573. The van der Waals surface area contributed by atoms with E-state index in [-0.39, 0.29) is 17.6 Å². The van der Waals surface area contributed by atoms with Gasteiger partial charge in [-0.3, -0.25) is 4.79 Å². The van der Waals surface area contributed by atoms with E-state index in [2.05, 4.69) is 12.6 Å². The first-order chi connectivity index (χ1) is 3.79. The maximum atomic E-state index is 10.5. The zero-order valence-electron chi connectivity index (χ0n) is 4.46. The van der Waals surface area contributed by atoms with Crippen LogP contribution >= 0.6 is 12.6 Å². The molecule has 8 heavy (non-hydrogen) atoms. The number of carbonyl (C=O) groups is 1. The fraction of sp³-hybridized carbons (Fsp3) is 0.800. The molecule has 46 valence electrons. The molecule has 0 N–H and O–H groups in total. The summed E-state index contributed by atoms with van der Waals surface area (Å²) in [4.78, 5) is 10.5. The minimum Gasteiger partial charge on any atom is -0.373 e. The number of Topliss-reactive ketones (excluding diaryl/α,β-unsaturated/α-hetero) is 1. The van der Waals surface area contributed by atoms with E-state index in [0.29, 0.717) is 13.0 Å². The first-order valence-electron chi connectivity index (χ1n) is 2.56. The van der Waals surface area contributed by atoms with Gasteiger partial charge < -0.3 is 4.74 Å². The molecule has 0 aliphatic carbocycles. The smallest absolute Gasteiger partial charge is 0.159 e. The Morgan fingerprint density at radius 3 is 2.88 bits per heavy atom. The number of thiol groups is 1.